The van der Waals surface area contributed by atoms with Crippen molar-refractivity contribution in [1.29, 1.82) is 0 Å². The van der Waals surface area contributed by atoms with Gasteiger partial charge >= 0.3 is 0 Å². The number of allylic oxidation sites excluding steroid dienone is 9. The van der Waals surface area contributed by atoms with Gasteiger partial charge in [-0.3, -0.25) is 14.7 Å². The number of amides is 1. The summed E-state index contributed by atoms with van der Waals surface area (Å²) in [6.07, 6.45) is 19.3. The van der Waals surface area contributed by atoms with Crippen LogP contribution in [0.3, 0.4) is 0 Å². The fourth-order valence-electron chi connectivity index (χ4n) is 5.83. The van der Waals surface area contributed by atoms with Gasteiger partial charge in [0.25, 0.3) is 5.91 Å². The largest absolute Gasteiger partial charge is 0.367 e. The number of nitrogens with zero attached hydrogens (tertiary/aromatic N) is 3. The summed E-state index contributed by atoms with van der Waals surface area (Å²) in [6.45, 7) is 10.5. The predicted octanol–water partition coefficient (Wildman–Crippen LogP) is 6.11. The lowest BCUT2D eigenvalue weighted by Gasteiger charge is -2.39. The van der Waals surface area contributed by atoms with E-state index in [9.17, 15) is 4.79 Å². The molecule has 0 aromatic rings. The summed E-state index contributed by atoms with van der Waals surface area (Å²) in [4.78, 5) is 22.6. The third-order valence-corrected chi connectivity index (χ3v) is 7.98. The average molecular weight is 505 g/mol. The van der Waals surface area contributed by atoms with Gasteiger partial charge in [-0.15, -0.1) is 0 Å². The second-order valence-electron chi connectivity index (χ2n) is 10.8. The molecule has 5 nitrogen and oxygen atoms in total. The molecule has 0 bridgehead atoms. The van der Waals surface area contributed by atoms with E-state index in [1.165, 1.54) is 5.57 Å². The molecule has 0 spiro atoms. The summed E-state index contributed by atoms with van der Waals surface area (Å²) in [5.74, 6) is 0.188. The summed E-state index contributed by atoms with van der Waals surface area (Å²) in [5.41, 5.74) is 7.53. The molecule has 1 saturated heterocycles. The van der Waals surface area contributed by atoms with E-state index in [0.717, 1.165) is 79.1 Å². The second kappa shape index (κ2) is 10.4. The molecule has 1 aliphatic carbocycles. The molecular formula is C30H37ClN4O. The first kappa shape index (κ1) is 25.0. The second-order valence-corrected chi connectivity index (χ2v) is 11.2. The number of carbonyl (C=O) groups is 1. The van der Waals surface area contributed by atoms with Crippen LogP contribution in [0.25, 0.3) is 0 Å². The Morgan fingerprint density at radius 1 is 1.00 bits per heavy atom. The molecule has 1 fully saturated rings. The molecule has 5 rings (SSSR count). The average Bonchev–Trinajstić information content (AvgIpc) is 2.83. The lowest BCUT2D eigenvalue weighted by atomic mass is 9.86. The molecule has 0 aromatic carbocycles. The van der Waals surface area contributed by atoms with Gasteiger partial charge in [-0.25, -0.2) is 0 Å². The Morgan fingerprint density at radius 3 is 2.53 bits per heavy atom. The van der Waals surface area contributed by atoms with Crippen molar-refractivity contribution < 1.29 is 4.79 Å². The Bertz CT molecular complexity index is 1190. The number of hydrogen-bond acceptors (Lipinski definition) is 4. The minimum atomic E-state index is -0.0141. The summed E-state index contributed by atoms with van der Waals surface area (Å²) < 4.78 is 0. The lowest BCUT2D eigenvalue weighted by molar-refractivity contribution is -0.122. The standard InChI is InChI=1S/C30H37ClN4O/c1-19-8-11-25-12-13-26(34-16-21(3)32-22(4)17-34)18-35(25)29(36)15-27(19)24-7-5-6-23-10-9-20(2)33-30(23)28(31)14-24/h7,11-15,18-19,21-22,32H,5-6,8-10,16-17H2,1-4H3/b24-7?,25-11?,27-15+,28-14?. The van der Waals surface area contributed by atoms with Gasteiger partial charge in [0.05, 0.1) is 16.4 Å². The van der Waals surface area contributed by atoms with Crippen LogP contribution in [0.15, 0.2) is 86.5 Å². The Hall–Kier alpha value is -2.63. The van der Waals surface area contributed by atoms with E-state index in [0.29, 0.717) is 17.1 Å². The lowest BCUT2D eigenvalue weighted by Crippen LogP contribution is -2.53. The van der Waals surface area contributed by atoms with Crippen LogP contribution in [0, 0.1) is 5.92 Å². The summed E-state index contributed by atoms with van der Waals surface area (Å²) in [7, 11) is 0. The monoisotopic (exact) mass is 504 g/mol. The number of aliphatic imine (C=N–C) groups is 1. The van der Waals surface area contributed by atoms with Gasteiger partial charge in [0.2, 0.25) is 0 Å². The molecule has 36 heavy (non-hydrogen) atoms. The quantitative estimate of drug-likeness (QED) is 0.493. The zero-order valence-corrected chi connectivity index (χ0v) is 22.6. The van der Waals surface area contributed by atoms with Crippen LogP contribution >= 0.6 is 11.6 Å². The highest BCUT2D eigenvalue weighted by atomic mass is 35.5. The Morgan fingerprint density at radius 2 is 1.75 bits per heavy atom. The highest BCUT2D eigenvalue weighted by Crippen LogP contribution is 2.37. The number of rotatable bonds is 2. The van der Waals surface area contributed by atoms with E-state index in [1.54, 1.807) is 0 Å². The number of piperazine rings is 1. The third kappa shape index (κ3) is 5.23. The topological polar surface area (TPSA) is 47.9 Å². The van der Waals surface area contributed by atoms with Gasteiger partial charge in [0.1, 0.15) is 0 Å². The Kier molecular flexibility index (Phi) is 7.23. The van der Waals surface area contributed by atoms with Gasteiger partial charge in [-0.2, -0.15) is 0 Å². The molecule has 0 radical (unpaired) electrons. The smallest absolute Gasteiger partial charge is 0.255 e. The third-order valence-electron chi connectivity index (χ3n) is 7.69. The maximum Gasteiger partial charge on any atom is 0.255 e. The molecule has 0 aromatic heterocycles. The van der Waals surface area contributed by atoms with E-state index in [-0.39, 0.29) is 11.8 Å². The van der Waals surface area contributed by atoms with Gasteiger partial charge in [-0.1, -0.05) is 30.7 Å². The number of hydrogen-bond donors (Lipinski definition) is 1. The Labute approximate surface area is 220 Å². The molecule has 1 amide bonds. The number of nitrogens with one attached hydrogen (secondary N) is 1. The van der Waals surface area contributed by atoms with Crippen LogP contribution < -0.4 is 5.32 Å². The first-order chi connectivity index (χ1) is 17.3. The molecule has 5 aliphatic rings. The van der Waals surface area contributed by atoms with Crippen LogP contribution in [0.4, 0.5) is 0 Å². The van der Waals surface area contributed by atoms with Crippen LogP contribution in [0.1, 0.15) is 59.8 Å². The molecule has 4 aliphatic heterocycles. The van der Waals surface area contributed by atoms with Crippen molar-refractivity contribution in [3.63, 3.8) is 0 Å². The van der Waals surface area contributed by atoms with Crippen LogP contribution in [-0.2, 0) is 4.79 Å². The summed E-state index contributed by atoms with van der Waals surface area (Å²) in [5, 5.41) is 4.26. The minimum Gasteiger partial charge on any atom is -0.367 e. The van der Waals surface area contributed by atoms with Gasteiger partial charge in [-0.05, 0) is 93.7 Å². The van der Waals surface area contributed by atoms with Crippen LogP contribution in [0.5, 0.6) is 0 Å². The van der Waals surface area contributed by atoms with Gasteiger partial charge in [0.15, 0.2) is 0 Å². The zero-order chi connectivity index (χ0) is 25.4. The van der Waals surface area contributed by atoms with Crippen molar-refractivity contribution in [2.24, 2.45) is 10.9 Å². The maximum absolute atomic E-state index is 13.7. The molecule has 0 saturated carbocycles. The van der Waals surface area contributed by atoms with Crippen molar-refractivity contribution in [2.45, 2.75) is 71.9 Å². The first-order valence-corrected chi connectivity index (χ1v) is 13.7. The molecular weight excluding hydrogens is 468 g/mol. The molecule has 1 N–H and O–H groups in total. The summed E-state index contributed by atoms with van der Waals surface area (Å²) >= 11 is 6.83. The van der Waals surface area contributed by atoms with E-state index in [1.807, 2.05) is 23.3 Å². The highest BCUT2D eigenvalue weighted by molar-refractivity contribution is 6.32. The zero-order valence-electron chi connectivity index (χ0n) is 21.9. The fraction of sp³-hybridized carbons (Fsp3) is 0.467. The molecule has 190 valence electrons. The van der Waals surface area contributed by atoms with E-state index >= 15 is 0 Å². The first-order valence-electron chi connectivity index (χ1n) is 13.3. The molecule has 4 heterocycles. The fourth-order valence-corrected chi connectivity index (χ4v) is 6.12. The predicted molar refractivity (Wildman–Crippen MR) is 148 cm³/mol. The van der Waals surface area contributed by atoms with Gasteiger partial charge < -0.3 is 10.2 Å². The van der Waals surface area contributed by atoms with Crippen molar-refractivity contribution in [3.05, 3.63) is 81.5 Å². The molecule has 6 heteroatoms. The summed E-state index contributed by atoms with van der Waals surface area (Å²) in [6, 6.07) is 0.817. The van der Waals surface area contributed by atoms with E-state index < -0.39 is 0 Å². The van der Waals surface area contributed by atoms with Crippen molar-refractivity contribution in [2.75, 3.05) is 13.1 Å². The Balaban J connectivity index is 1.45. The van der Waals surface area contributed by atoms with Crippen molar-refractivity contribution in [3.8, 4) is 0 Å². The number of carbonyl (C=O) groups excluding carboxylic acids is 1. The van der Waals surface area contributed by atoms with E-state index in [4.69, 9.17) is 16.6 Å². The highest BCUT2D eigenvalue weighted by Gasteiger charge is 2.27. The van der Waals surface area contributed by atoms with Gasteiger partial charge in [0, 0.05) is 48.9 Å². The normalized spacial score (nSPS) is 30.8. The van der Waals surface area contributed by atoms with E-state index in [2.05, 4.69) is 62.2 Å². The number of fused-ring (bicyclic) bond motifs is 1. The molecule has 3 atom stereocenters. The van der Waals surface area contributed by atoms with Crippen molar-refractivity contribution in [1.82, 2.24) is 15.1 Å². The number of halogens is 1. The molecule has 3 unspecified atom stereocenters. The SMILES string of the molecule is CC1=NC2=C(CCC=C(/C3=C/C(=O)N4C=C(N5CC(C)NC(C)C5)C=CC4=CCC3C)C=C2Cl)CC1. The van der Waals surface area contributed by atoms with Crippen LogP contribution in [0.2, 0.25) is 0 Å². The maximum atomic E-state index is 13.7. The van der Waals surface area contributed by atoms with Crippen molar-refractivity contribution >= 4 is 23.2 Å². The minimum absolute atomic E-state index is 0.0141. The van der Waals surface area contributed by atoms with Crippen LogP contribution in [-0.4, -0.2) is 46.6 Å².